The Bertz CT molecular complexity index is 761. The fraction of sp³-hybridized carbons (Fsp3) is 0.357. The van der Waals surface area contributed by atoms with Gasteiger partial charge in [0.05, 0.1) is 22.5 Å². The minimum atomic E-state index is -0.275. The van der Waals surface area contributed by atoms with Crippen LogP contribution >= 0.6 is 23.4 Å². The van der Waals surface area contributed by atoms with Gasteiger partial charge in [0.25, 0.3) is 0 Å². The Morgan fingerprint density at radius 2 is 2.22 bits per heavy atom. The number of nitrogens with zero attached hydrogens (tertiary/aromatic N) is 5. The summed E-state index contributed by atoms with van der Waals surface area (Å²) in [4.78, 5) is 12.1. The van der Waals surface area contributed by atoms with E-state index in [4.69, 9.17) is 16.9 Å². The van der Waals surface area contributed by atoms with E-state index in [1.807, 2.05) is 26.8 Å². The minimum Gasteiger partial charge on any atom is -0.324 e. The maximum absolute atomic E-state index is 12.1. The van der Waals surface area contributed by atoms with Gasteiger partial charge in [-0.3, -0.25) is 4.79 Å². The van der Waals surface area contributed by atoms with E-state index in [1.165, 1.54) is 11.8 Å². The van der Waals surface area contributed by atoms with Crippen LogP contribution in [0.4, 0.5) is 5.69 Å². The quantitative estimate of drug-likeness (QED) is 0.851. The Kier molecular flexibility index (Phi) is 5.23. The molecule has 0 saturated heterocycles. The van der Waals surface area contributed by atoms with Crippen LogP contribution in [0.1, 0.15) is 26.3 Å². The number of amides is 1. The number of nitriles is 1. The van der Waals surface area contributed by atoms with Crippen molar-refractivity contribution in [1.82, 2.24) is 20.2 Å². The molecule has 0 unspecified atom stereocenters. The smallest absolute Gasteiger partial charge is 0.234 e. The highest BCUT2D eigenvalue weighted by Gasteiger charge is 2.20. The number of aromatic nitrogens is 4. The van der Waals surface area contributed by atoms with Crippen molar-refractivity contribution in [2.24, 2.45) is 0 Å². The van der Waals surface area contributed by atoms with Gasteiger partial charge in [-0.1, -0.05) is 23.4 Å². The fourth-order valence-electron chi connectivity index (χ4n) is 1.72. The highest BCUT2D eigenvalue weighted by Crippen LogP contribution is 2.23. The largest absolute Gasteiger partial charge is 0.324 e. The second-order valence-corrected chi connectivity index (χ2v) is 7.06. The van der Waals surface area contributed by atoms with Gasteiger partial charge >= 0.3 is 0 Å². The first-order valence-corrected chi connectivity index (χ1v) is 8.09. The molecule has 0 aliphatic carbocycles. The SMILES string of the molecule is CC(C)(C)n1nnnc1SCC(=O)Nc1cc(Cl)ccc1C#N. The van der Waals surface area contributed by atoms with Gasteiger partial charge in [-0.15, -0.1) is 5.10 Å². The molecule has 0 bridgehead atoms. The van der Waals surface area contributed by atoms with Crippen LogP contribution in [0, 0.1) is 11.3 Å². The second kappa shape index (κ2) is 6.98. The number of anilines is 1. The summed E-state index contributed by atoms with van der Waals surface area (Å²) in [6, 6.07) is 6.71. The molecule has 2 aromatic rings. The number of hydrogen-bond acceptors (Lipinski definition) is 6. The van der Waals surface area contributed by atoms with E-state index in [0.717, 1.165) is 0 Å². The number of tetrazole rings is 1. The van der Waals surface area contributed by atoms with Gasteiger partial charge in [0, 0.05) is 5.02 Å². The average Bonchev–Trinajstić information content (AvgIpc) is 2.94. The molecular formula is C14H15ClN6OS. The van der Waals surface area contributed by atoms with Crippen molar-refractivity contribution in [1.29, 1.82) is 5.26 Å². The van der Waals surface area contributed by atoms with E-state index < -0.39 is 0 Å². The van der Waals surface area contributed by atoms with Crippen LogP contribution in [0.2, 0.25) is 5.02 Å². The zero-order valence-electron chi connectivity index (χ0n) is 12.9. The summed E-state index contributed by atoms with van der Waals surface area (Å²) in [6.45, 7) is 5.91. The predicted octanol–water partition coefficient (Wildman–Crippen LogP) is 2.68. The first kappa shape index (κ1) is 17.2. The summed E-state index contributed by atoms with van der Waals surface area (Å²) in [5.74, 6) is -0.148. The zero-order valence-corrected chi connectivity index (χ0v) is 14.4. The number of thioether (sulfide) groups is 1. The maximum atomic E-state index is 12.1. The summed E-state index contributed by atoms with van der Waals surface area (Å²) < 4.78 is 1.66. The first-order chi connectivity index (χ1) is 10.8. The predicted molar refractivity (Wildman–Crippen MR) is 88.3 cm³/mol. The van der Waals surface area contributed by atoms with Gasteiger partial charge in [-0.2, -0.15) is 5.26 Å². The average molecular weight is 351 g/mol. The van der Waals surface area contributed by atoms with Crippen molar-refractivity contribution < 1.29 is 4.79 Å². The number of halogens is 1. The molecule has 23 heavy (non-hydrogen) atoms. The van der Waals surface area contributed by atoms with E-state index in [1.54, 1.807) is 22.9 Å². The highest BCUT2D eigenvalue weighted by atomic mass is 35.5. The fourth-order valence-corrected chi connectivity index (χ4v) is 2.76. The van der Waals surface area contributed by atoms with Crippen LogP contribution in [0.3, 0.4) is 0 Å². The third kappa shape index (κ3) is 4.43. The number of benzene rings is 1. The van der Waals surface area contributed by atoms with Crippen molar-refractivity contribution in [3.63, 3.8) is 0 Å². The van der Waals surface area contributed by atoms with Crippen LogP contribution in [0.5, 0.6) is 0 Å². The Hall–Kier alpha value is -2.11. The molecule has 7 nitrogen and oxygen atoms in total. The third-order valence-corrected chi connectivity index (χ3v) is 3.94. The minimum absolute atomic E-state index is 0.119. The lowest BCUT2D eigenvalue weighted by Crippen LogP contribution is -2.24. The van der Waals surface area contributed by atoms with Gasteiger partial charge in [0.2, 0.25) is 11.1 Å². The maximum Gasteiger partial charge on any atom is 0.234 e. The van der Waals surface area contributed by atoms with Crippen molar-refractivity contribution in [2.75, 3.05) is 11.1 Å². The molecule has 0 radical (unpaired) electrons. The molecule has 1 amide bonds. The molecule has 0 spiro atoms. The van der Waals surface area contributed by atoms with Crippen molar-refractivity contribution in [2.45, 2.75) is 31.5 Å². The lowest BCUT2D eigenvalue weighted by Gasteiger charge is -2.19. The van der Waals surface area contributed by atoms with E-state index in [2.05, 4.69) is 20.8 Å². The van der Waals surface area contributed by atoms with Crippen molar-refractivity contribution in [3.05, 3.63) is 28.8 Å². The molecule has 0 fully saturated rings. The second-order valence-electron chi connectivity index (χ2n) is 5.68. The van der Waals surface area contributed by atoms with Crippen LogP contribution in [-0.2, 0) is 10.3 Å². The number of carbonyl (C=O) groups is 1. The summed E-state index contributed by atoms with van der Waals surface area (Å²) in [5, 5.41) is 24.2. The monoisotopic (exact) mass is 350 g/mol. The van der Waals surface area contributed by atoms with E-state index in [0.29, 0.717) is 21.4 Å². The Morgan fingerprint density at radius 1 is 1.48 bits per heavy atom. The highest BCUT2D eigenvalue weighted by molar-refractivity contribution is 7.99. The van der Waals surface area contributed by atoms with Gasteiger partial charge in [-0.05, 0) is 49.4 Å². The number of carbonyl (C=O) groups excluding carboxylic acids is 1. The van der Waals surface area contributed by atoms with E-state index in [-0.39, 0.29) is 17.2 Å². The summed E-state index contributed by atoms with van der Waals surface area (Å²) in [6.07, 6.45) is 0. The topological polar surface area (TPSA) is 96.5 Å². The molecule has 0 saturated carbocycles. The van der Waals surface area contributed by atoms with Crippen molar-refractivity contribution in [3.8, 4) is 6.07 Å². The molecule has 0 atom stereocenters. The molecule has 1 aromatic heterocycles. The molecule has 0 aliphatic heterocycles. The molecule has 1 aromatic carbocycles. The van der Waals surface area contributed by atoms with E-state index >= 15 is 0 Å². The van der Waals surface area contributed by atoms with Gasteiger partial charge in [0.1, 0.15) is 6.07 Å². The molecule has 9 heteroatoms. The molecule has 0 aliphatic rings. The van der Waals surface area contributed by atoms with Crippen molar-refractivity contribution >= 4 is 35.0 Å². The van der Waals surface area contributed by atoms with Crippen LogP contribution in [0.25, 0.3) is 0 Å². The molecule has 1 N–H and O–H groups in total. The van der Waals surface area contributed by atoms with Crippen LogP contribution in [0.15, 0.2) is 23.4 Å². The Morgan fingerprint density at radius 3 is 2.87 bits per heavy atom. The summed E-state index contributed by atoms with van der Waals surface area (Å²) in [5.41, 5.74) is 0.469. The number of hydrogen-bond donors (Lipinski definition) is 1. The van der Waals surface area contributed by atoms with Gasteiger partial charge in [-0.25, -0.2) is 4.68 Å². The molecule has 120 valence electrons. The molecule has 1 heterocycles. The standard InChI is InChI=1S/C14H15ClN6OS/c1-14(2,3)21-13(18-19-20-21)23-8-12(22)17-11-6-10(15)5-4-9(11)7-16/h4-6H,8H2,1-3H3,(H,17,22). The lowest BCUT2D eigenvalue weighted by molar-refractivity contribution is -0.113. The Balaban J connectivity index is 2.03. The first-order valence-electron chi connectivity index (χ1n) is 6.72. The Labute approximate surface area is 143 Å². The van der Waals surface area contributed by atoms with Gasteiger partial charge < -0.3 is 5.32 Å². The molecule has 2 rings (SSSR count). The van der Waals surface area contributed by atoms with Gasteiger partial charge in [0.15, 0.2) is 0 Å². The van der Waals surface area contributed by atoms with E-state index in [9.17, 15) is 4.79 Å². The number of rotatable bonds is 4. The lowest BCUT2D eigenvalue weighted by atomic mass is 10.1. The van der Waals surface area contributed by atoms with Crippen LogP contribution in [-0.4, -0.2) is 31.9 Å². The summed E-state index contributed by atoms with van der Waals surface area (Å²) >= 11 is 7.12. The van der Waals surface area contributed by atoms with Crippen LogP contribution < -0.4 is 5.32 Å². The molecular weight excluding hydrogens is 336 g/mol. The normalized spacial score (nSPS) is 11.1. The zero-order chi connectivity index (χ0) is 17.0. The third-order valence-electron chi connectivity index (χ3n) is 2.78. The summed E-state index contributed by atoms with van der Waals surface area (Å²) in [7, 11) is 0. The number of nitrogens with one attached hydrogen (secondary N) is 1.